The number of hydrogen-bond acceptors (Lipinski definition) is 6. The Morgan fingerprint density at radius 1 is 1.28 bits per heavy atom. The molecule has 2 aliphatic rings. The Balaban J connectivity index is 1.65. The first kappa shape index (κ1) is 20.6. The first-order valence-electron chi connectivity index (χ1n) is 8.99. The Hall–Kier alpha value is -1.71. The molecule has 2 aliphatic heterocycles. The molecule has 0 unspecified atom stereocenters. The molecular formula is C20H18BrFN2O3S2. The second-order valence-corrected chi connectivity index (χ2v) is 11.1. The molecule has 0 amide bonds. The number of aliphatic imine (C=N–C) groups is 1. The van der Waals surface area contributed by atoms with E-state index in [4.69, 9.17) is 0 Å². The van der Waals surface area contributed by atoms with E-state index in [9.17, 15) is 17.6 Å². The van der Waals surface area contributed by atoms with Crippen molar-refractivity contribution < 1.29 is 17.6 Å². The number of fused-ring (bicyclic) bond motifs is 1. The number of sulfone groups is 1. The van der Waals surface area contributed by atoms with E-state index >= 15 is 0 Å². The van der Waals surface area contributed by atoms with Crippen LogP contribution in [0.3, 0.4) is 0 Å². The summed E-state index contributed by atoms with van der Waals surface area (Å²) in [6.07, 6.45) is 0. The van der Waals surface area contributed by atoms with Gasteiger partial charge in [-0.1, -0.05) is 45.9 Å². The lowest BCUT2D eigenvalue weighted by molar-refractivity contribution is 0.101. The number of carbonyl (C=O) groups excluding carboxylic acids is 1. The number of rotatable bonds is 4. The standard InChI is InChI=1S/C20H18BrFN2O3S2/c1-12(25)13-3-2-4-16(7-13)24-19-11-29(26,27)10-18(19)23-20(24)28-9-14-5-6-15(21)8-17(14)22/h2-8,18-19H,9-11H2,1H3/t18-,19-/m1/s1. The van der Waals surface area contributed by atoms with Crippen molar-refractivity contribution in [3.05, 3.63) is 63.9 Å². The third kappa shape index (κ3) is 4.27. The van der Waals surface area contributed by atoms with E-state index in [1.54, 1.807) is 30.3 Å². The summed E-state index contributed by atoms with van der Waals surface area (Å²) in [4.78, 5) is 18.3. The number of Topliss-reactive ketones (excluding diaryl/α,β-unsaturated/α-hetero) is 1. The SMILES string of the molecule is CC(=O)c1cccc(N2C(SCc3ccc(Br)cc3F)=N[C@@H]3CS(=O)(=O)C[C@H]32)c1. The van der Waals surface area contributed by atoms with Crippen LogP contribution in [0.4, 0.5) is 10.1 Å². The zero-order valence-electron chi connectivity index (χ0n) is 15.5. The highest BCUT2D eigenvalue weighted by Gasteiger charge is 2.47. The molecular weight excluding hydrogens is 479 g/mol. The highest BCUT2D eigenvalue weighted by Crippen LogP contribution is 2.36. The topological polar surface area (TPSA) is 66.8 Å². The molecule has 2 aromatic rings. The normalized spacial score (nSPS) is 22.4. The fourth-order valence-electron chi connectivity index (χ4n) is 3.59. The van der Waals surface area contributed by atoms with Gasteiger partial charge in [-0.2, -0.15) is 0 Å². The van der Waals surface area contributed by atoms with Gasteiger partial charge in [-0.3, -0.25) is 9.79 Å². The number of hydrogen-bond donors (Lipinski definition) is 0. The average molecular weight is 497 g/mol. The van der Waals surface area contributed by atoms with Crippen LogP contribution in [0.25, 0.3) is 0 Å². The molecule has 0 saturated carbocycles. The van der Waals surface area contributed by atoms with Crippen LogP contribution in [-0.2, 0) is 15.6 Å². The Bertz CT molecular complexity index is 1120. The third-order valence-corrected chi connectivity index (χ3v) is 8.22. The maximum Gasteiger partial charge on any atom is 0.164 e. The van der Waals surface area contributed by atoms with Crippen LogP contribution >= 0.6 is 27.7 Å². The maximum absolute atomic E-state index is 14.2. The second kappa shape index (κ2) is 7.85. The monoisotopic (exact) mass is 496 g/mol. The second-order valence-electron chi connectivity index (χ2n) is 7.12. The predicted molar refractivity (Wildman–Crippen MR) is 118 cm³/mol. The van der Waals surface area contributed by atoms with Crippen LogP contribution < -0.4 is 4.90 Å². The number of anilines is 1. The van der Waals surface area contributed by atoms with Gasteiger partial charge in [0.05, 0.1) is 23.6 Å². The van der Waals surface area contributed by atoms with E-state index < -0.39 is 9.84 Å². The number of carbonyl (C=O) groups is 1. The first-order valence-corrected chi connectivity index (χ1v) is 12.6. The van der Waals surface area contributed by atoms with E-state index in [-0.39, 0.29) is 35.2 Å². The fraction of sp³-hybridized carbons (Fsp3) is 0.300. The quantitative estimate of drug-likeness (QED) is 0.596. The average Bonchev–Trinajstić information content (AvgIpc) is 3.12. The minimum absolute atomic E-state index is 0.0112. The van der Waals surface area contributed by atoms with Gasteiger partial charge in [-0.05, 0) is 36.8 Å². The number of thioether (sulfide) groups is 1. The summed E-state index contributed by atoms with van der Waals surface area (Å²) in [5.41, 5.74) is 1.82. The molecule has 152 valence electrons. The van der Waals surface area contributed by atoms with Crippen LogP contribution in [0.15, 0.2) is 51.9 Å². The Morgan fingerprint density at radius 2 is 2.07 bits per heavy atom. The molecule has 0 spiro atoms. The lowest BCUT2D eigenvalue weighted by Gasteiger charge is -2.27. The summed E-state index contributed by atoms with van der Waals surface area (Å²) in [6, 6.07) is 11.4. The first-order chi connectivity index (χ1) is 13.7. The van der Waals surface area contributed by atoms with Gasteiger partial charge in [0.15, 0.2) is 20.8 Å². The van der Waals surface area contributed by atoms with Gasteiger partial charge in [0.25, 0.3) is 0 Å². The van der Waals surface area contributed by atoms with Crippen molar-refractivity contribution in [3.8, 4) is 0 Å². The Morgan fingerprint density at radius 3 is 2.79 bits per heavy atom. The zero-order valence-corrected chi connectivity index (χ0v) is 18.7. The lowest BCUT2D eigenvalue weighted by atomic mass is 10.1. The van der Waals surface area contributed by atoms with E-state index in [0.29, 0.717) is 26.5 Å². The molecule has 0 N–H and O–H groups in total. The molecule has 2 atom stereocenters. The summed E-state index contributed by atoms with van der Waals surface area (Å²) in [7, 11) is -3.17. The van der Waals surface area contributed by atoms with Gasteiger partial charge in [-0.15, -0.1) is 0 Å². The number of amidine groups is 1. The van der Waals surface area contributed by atoms with Crippen LogP contribution in [0.5, 0.6) is 0 Å². The largest absolute Gasteiger partial charge is 0.315 e. The molecule has 2 aromatic carbocycles. The number of benzene rings is 2. The minimum atomic E-state index is -3.17. The van der Waals surface area contributed by atoms with Crippen molar-refractivity contribution >= 4 is 54.2 Å². The Kier molecular flexibility index (Phi) is 5.56. The molecule has 1 fully saturated rings. The van der Waals surface area contributed by atoms with Crippen LogP contribution in [0.2, 0.25) is 0 Å². The summed E-state index contributed by atoms with van der Waals surface area (Å²) in [5, 5.41) is 0.651. The van der Waals surface area contributed by atoms with Gasteiger partial charge in [0.1, 0.15) is 5.82 Å². The molecule has 4 rings (SSSR count). The maximum atomic E-state index is 14.2. The van der Waals surface area contributed by atoms with Crippen molar-refractivity contribution in [3.63, 3.8) is 0 Å². The van der Waals surface area contributed by atoms with Gasteiger partial charge in [0.2, 0.25) is 0 Å². The van der Waals surface area contributed by atoms with Crippen LogP contribution in [0.1, 0.15) is 22.8 Å². The molecule has 0 aromatic heterocycles. The molecule has 2 heterocycles. The number of halogens is 2. The number of ketones is 1. The molecule has 1 saturated heterocycles. The van der Waals surface area contributed by atoms with Gasteiger partial charge >= 0.3 is 0 Å². The third-order valence-electron chi connectivity index (χ3n) is 5.01. The van der Waals surface area contributed by atoms with Gasteiger partial charge in [0, 0.05) is 21.5 Å². The van der Waals surface area contributed by atoms with Crippen LogP contribution in [0, 0.1) is 5.82 Å². The predicted octanol–water partition coefficient (Wildman–Crippen LogP) is 4.07. The van der Waals surface area contributed by atoms with E-state index in [1.165, 1.54) is 24.8 Å². The molecule has 0 bridgehead atoms. The molecule has 0 aliphatic carbocycles. The summed E-state index contributed by atoms with van der Waals surface area (Å²) < 4.78 is 39.2. The minimum Gasteiger partial charge on any atom is -0.315 e. The number of nitrogens with zero attached hydrogens (tertiary/aromatic N) is 2. The van der Waals surface area contributed by atoms with Gasteiger partial charge < -0.3 is 4.90 Å². The highest BCUT2D eigenvalue weighted by atomic mass is 79.9. The molecule has 29 heavy (non-hydrogen) atoms. The molecule has 9 heteroatoms. The zero-order chi connectivity index (χ0) is 20.8. The van der Waals surface area contributed by atoms with E-state index in [1.807, 2.05) is 11.0 Å². The summed E-state index contributed by atoms with van der Waals surface area (Å²) >= 11 is 4.62. The molecule has 5 nitrogen and oxygen atoms in total. The summed E-state index contributed by atoms with van der Waals surface area (Å²) in [6.45, 7) is 1.49. The lowest BCUT2D eigenvalue weighted by Crippen LogP contribution is -2.39. The molecule has 0 radical (unpaired) electrons. The van der Waals surface area contributed by atoms with Crippen molar-refractivity contribution in [2.45, 2.75) is 24.8 Å². The van der Waals surface area contributed by atoms with E-state index in [2.05, 4.69) is 20.9 Å². The van der Waals surface area contributed by atoms with Crippen molar-refractivity contribution in [1.29, 1.82) is 0 Å². The van der Waals surface area contributed by atoms with Crippen LogP contribution in [-0.4, -0.2) is 43.0 Å². The van der Waals surface area contributed by atoms with Crippen molar-refractivity contribution in [2.75, 3.05) is 16.4 Å². The fourth-order valence-corrected chi connectivity index (χ4v) is 6.88. The van der Waals surface area contributed by atoms with Crippen molar-refractivity contribution in [1.82, 2.24) is 0 Å². The van der Waals surface area contributed by atoms with Gasteiger partial charge in [-0.25, -0.2) is 12.8 Å². The highest BCUT2D eigenvalue weighted by molar-refractivity contribution is 9.10. The summed E-state index contributed by atoms with van der Waals surface area (Å²) in [5.74, 6) is 0.0232. The van der Waals surface area contributed by atoms with Crippen molar-refractivity contribution in [2.24, 2.45) is 4.99 Å². The Labute approximate surface area is 181 Å². The smallest absolute Gasteiger partial charge is 0.164 e. The van der Waals surface area contributed by atoms with E-state index in [0.717, 1.165) is 5.69 Å².